The van der Waals surface area contributed by atoms with Crippen molar-refractivity contribution in [2.45, 2.75) is 25.3 Å². The van der Waals surface area contributed by atoms with Crippen molar-refractivity contribution in [1.29, 1.82) is 0 Å². The van der Waals surface area contributed by atoms with Crippen molar-refractivity contribution < 1.29 is 5.21 Å². The van der Waals surface area contributed by atoms with Crippen LogP contribution in [-0.2, 0) is 0 Å². The Bertz CT molecular complexity index is 327. The Morgan fingerprint density at radius 1 is 1.69 bits per heavy atom. The van der Waals surface area contributed by atoms with E-state index in [1.165, 1.54) is 6.42 Å². The molecule has 0 radical (unpaired) electrons. The smallest absolute Gasteiger partial charge is 0.188 e. The highest BCUT2D eigenvalue weighted by molar-refractivity contribution is 5.95. The van der Waals surface area contributed by atoms with E-state index in [1.54, 1.807) is 12.5 Å². The van der Waals surface area contributed by atoms with E-state index >= 15 is 0 Å². The summed E-state index contributed by atoms with van der Waals surface area (Å²) in [5.74, 6) is 0.129. The van der Waals surface area contributed by atoms with Gasteiger partial charge in [-0.25, -0.2) is 4.98 Å². The Hall–Kier alpha value is -1.52. The van der Waals surface area contributed by atoms with Crippen LogP contribution in [0, 0.1) is 0 Å². The van der Waals surface area contributed by atoms with Gasteiger partial charge in [-0.3, -0.25) is 0 Å². The fraction of sp³-hybridized carbons (Fsp3) is 0.500. The Morgan fingerprint density at radius 3 is 3.00 bits per heavy atom. The van der Waals surface area contributed by atoms with Crippen molar-refractivity contribution in [3.05, 3.63) is 18.2 Å². The normalized spacial score (nSPS) is 18.6. The number of hydrogen-bond donors (Lipinski definition) is 2. The van der Waals surface area contributed by atoms with Crippen LogP contribution in [0.4, 0.5) is 0 Å². The molecule has 0 amide bonds. The largest absolute Gasteiger partial charge is 0.409 e. The van der Waals surface area contributed by atoms with Gasteiger partial charge in [0.15, 0.2) is 5.84 Å². The molecule has 0 aliphatic heterocycles. The Morgan fingerprint density at radius 2 is 2.46 bits per heavy atom. The fourth-order valence-corrected chi connectivity index (χ4v) is 1.51. The molecule has 1 aliphatic carbocycles. The summed E-state index contributed by atoms with van der Waals surface area (Å²) < 4.78 is 1.97. The molecule has 0 unspecified atom stereocenters. The number of rotatable bonds is 2. The van der Waals surface area contributed by atoms with Gasteiger partial charge < -0.3 is 15.5 Å². The van der Waals surface area contributed by atoms with Gasteiger partial charge in [-0.1, -0.05) is 5.16 Å². The lowest BCUT2D eigenvalue weighted by Gasteiger charge is -2.28. The maximum absolute atomic E-state index is 8.53. The van der Waals surface area contributed by atoms with Gasteiger partial charge in [-0.2, -0.15) is 0 Å². The molecule has 0 saturated heterocycles. The number of amidine groups is 1. The highest BCUT2D eigenvalue weighted by Crippen LogP contribution is 2.32. The summed E-state index contributed by atoms with van der Waals surface area (Å²) in [5.41, 5.74) is 6.20. The predicted molar refractivity (Wildman–Crippen MR) is 47.6 cm³/mol. The standard InChI is InChI=1S/C8H12N4O/c9-8(11-13)7-4-10-5-12(7)6-2-1-3-6/h4-6,13H,1-3H2,(H2,9,11). The first-order valence-electron chi connectivity index (χ1n) is 4.32. The molecule has 0 spiro atoms. The molecule has 3 N–H and O–H groups in total. The van der Waals surface area contributed by atoms with Crippen LogP contribution in [-0.4, -0.2) is 20.6 Å². The average molecular weight is 180 g/mol. The van der Waals surface area contributed by atoms with Gasteiger partial charge in [0.05, 0.1) is 12.5 Å². The van der Waals surface area contributed by atoms with Gasteiger partial charge in [0.1, 0.15) is 5.69 Å². The van der Waals surface area contributed by atoms with Gasteiger partial charge in [0.2, 0.25) is 0 Å². The maximum Gasteiger partial charge on any atom is 0.188 e. The highest BCUT2D eigenvalue weighted by atomic mass is 16.4. The van der Waals surface area contributed by atoms with E-state index in [1.807, 2.05) is 4.57 Å². The zero-order chi connectivity index (χ0) is 9.26. The van der Waals surface area contributed by atoms with Gasteiger partial charge in [0, 0.05) is 6.04 Å². The molecule has 0 bridgehead atoms. The minimum Gasteiger partial charge on any atom is -0.409 e. The molecule has 2 rings (SSSR count). The summed E-state index contributed by atoms with van der Waals surface area (Å²) in [4.78, 5) is 3.99. The molecule has 1 aromatic rings. The number of nitrogens with two attached hydrogens (primary N) is 1. The maximum atomic E-state index is 8.53. The lowest BCUT2D eigenvalue weighted by atomic mass is 9.93. The predicted octanol–water partition coefficient (Wildman–Crippen LogP) is 0.703. The van der Waals surface area contributed by atoms with Crippen molar-refractivity contribution in [1.82, 2.24) is 9.55 Å². The van der Waals surface area contributed by atoms with Crippen LogP contribution in [0.3, 0.4) is 0 Å². The van der Waals surface area contributed by atoms with Gasteiger partial charge >= 0.3 is 0 Å². The van der Waals surface area contributed by atoms with E-state index in [2.05, 4.69) is 10.1 Å². The summed E-state index contributed by atoms with van der Waals surface area (Å²) in [7, 11) is 0. The highest BCUT2D eigenvalue weighted by Gasteiger charge is 2.22. The second-order valence-electron chi connectivity index (χ2n) is 3.26. The molecule has 70 valence electrons. The van der Waals surface area contributed by atoms with E-state index in [-0.39, 0.29) is 5.84 Å². The number of aromatic nitrogens is 2. The quantitative estimate of drug-likeness (QED) is 0.304. The average Bonchev–Trinajstić information content (AvgIpc) is 2.49. The summed E-state index contributed by atoms with van der Waals surface area (Å²) in [5, 5.41) is 11.5. The molecule has 13 heavy (non-hydrogen) atoms. The van der Waals surface area contributed by atoms with Gasteiger partial charge in [-0.15, -0.1) is 0 Å². The molecule has 1 saturated carbocycles. The van der Waals surface area contributed by atoms with E-state index in [9.17, 15) is 0 Å². The fourth-order valence-electron chi connectivity index (χ4n) is 1.51. The van der Waals surface area contributed by atoms with E-state index in [0.717, 1.165) is 12.8 Å². The van der Waals surface area contributed by atoms with Crippen LogP contribution < -0.4 is 5.73 Å². The summed E-state index contributed by atoms with van der Waals surface area (Å²) in [6.07, 6.45) is 6.91. The Balaban J connectivity index is 2.29. The first kappa shape index (κ1) is 8.10. The van der Waals surface area contributed by atoms with Crippen LogP contribution in [0.2, 0.25) is 0 Å². The van der Waals surface area contributed by atoms with E-state index in [4.69, 9.17) is 10.9 Å². The van der Waals surface area contributed by atoms with Gasteiger partial charge in [-0.05, 0) is 19.3 Å². The number of nitrogens with zero attached hydrogens (tertiary/aromatic N) is 3. The number of oxime groups is 1. The monoisotopic (exact) mass is 180 g/mol. The molecule has 1 fully saturated rings. The van der Waals surface area contributed by atoms with Crippen LogP contribution in [0.5, 0.6) is 0 Å². The third kappa shape index (κ3) is 1.26. The molecular formula is C8H12N4O. The van der Waals surface area contributed by atoms with E-state index < -0.39 is 0 Å². The SMILES string of the molecule is N/C(=N/O)c1cncn1C1CCC1. The molecular weight excluding hydrogens is 168 g/mol. The first-order chi connectivity index (χ1) is 6.33. The third-order valence-corrected chi connectivity index (χ3v) is 2.50. The summed E-state index contributed by atoms with van der Waals surface area (Å²) >= 11 is 0. The van der Waals surface area contributed by atoms with Crippen molar-refractivity contribution in [3.63, 3.8) is 0 Å². The number of hydrogen-bond acceptors (Lipinski definition) is 3. The summed E-state index contributed by atoms with van der Waals surface area (Å²) in [6.45, 7) is 0. The van der Waals surface area contributed by atoms with Crippen molar-refractivity contribution >= 4 is 5.84 Å². The molecule has 1 aromatic heterocycles. The van der Waals surface area contributed by atoms with Crippen LogP contribution in [0.1, 0.15) is 31.0 Å². The van der Waals surface area contributed by atoms with Crippen molar-refractivity contribution in [2.75, 3.05) is 0 Å². The molecule has 1 aliphatic rings. The zero-order valence-corrected chi connectivity index (χ0v) is 7.22. The molecule has 0 atom stereocenters. The molecule has 5 heteroatoms. The molecule has 5 nitrogen and oxygen atoms in total. The van der Waals surface area contributed by atoms with Crippen LogP contribution in [0.25, 0.3) is 0 Å². The number of imidazole rings is 1. The Kier molecular flexibility index (Phi) is 1.92. The minimum atomic E-state index is 0.129. The van der Waals surface area contributed by atoms with Gasteiger partial charge in [0.25, 0.3) is 0 Å². The second-order valence-corrected chi connectivity index (χ2v) is 3.26. The Labute approximate surface area is 75.9 Å². The van der Waals surface area contributed by atoms with E-state index in [0.29, 0.717) is 11.7 Å². The third-order valence-electron chi connectivity index (χ3n) is 2.50. The lowest BCUT2D eigenvalue weighted by molar-refractivity contribution is 0.306. The molecule has 0 aromatic carbocycles. The topological polar surface area (TPSA) is 76.4 Å². The molecule has 1 heterocycles. The van der Waals surface area contributed by atoms with Crippen LogP contribution in [0.15, 0.2) is 17.7 Å². The summed E-state index contributed by atoms with van der Waals surface area (Å²) in [6, 6.07) is 0.484. The zero-order valence-electron chi connectivity index (χ0n) is 7.22. The van der Waals surface area contributed by atoms with Crippen molar-refractivity contribution in [2.24, 2.45) is 10.9 Å². The van der Waals surface area contributed by atoms with Crippen molar-refractivity contribution in [3.8, 4) is 0 Å². The minimum absolute atomic E-state index is 0.129. The van der Waals surface area contributed by atoms with Crippen LogP contribution >= 0.6 is 0 Å². The lowest BCUT2D eigenvalue weighted by Crippen LogP contribution is -2.24. The first-order valence-corrected chi connectivity index (χ1v) is 4.32. The second kappa shape index (κ2) is 3.08.